The monoisotopic (exact) mass is 234 g/mol. The third kappa shape index (κ3) is 1.56. The lowest BCUT2D eigenvalue weighted by molar-refractivity contribution is 0.0934. The van der Waals surface area contributed by atoms with Gasteiger partial charge in [0.25, 0.3) is 0 Å². The molecule has 1 aromatic rings. The molecule has 5 heteroatoms. The van der Waals surface area contributed by atoms with Crippen LogP contribution in [0.3, 0.4) is 0 Å². The highest BCUT2D eigenvalue weighted by molar-refractivity contribution is 6.25. The summed E-state index contributed by atoms with van der Waals surface area (Å²) in [5, 5.41) is 9.37. The van der Waals surface area contributed by atoms with E-state index in [1.807, 2.05) is 0 Å². The lowest BCUT2D eigenvalue weighted by atomic mass is 9.92. The van der Waals surface area contributed by atoms with Gasteiger partial charge >= 0.3 is 0 Å². The number of hydrogen-bond donors (Lipinski definition) is 1. The second-order valence-corrected chi connectivity index (χ2v) is 3.44. The van der Waals surface area contributed by atoms with Crippen molar-refractivity contribution in [3.8, 4) is 11.5 Å². The SMILES string of the molecule is COc1ccc(OC)c2c1C(=O)C=C(O)C2=O. The van der Waals surface area contributed by atoms with Gasteiger partial charge in [0.1, 0.15) is 11.5 Å². The van der Waals surface area contributed by atoms with Crippen LogP contribution in [0.5, 0.6) is 11.5 Å². The van der Waals surface area contributed by atoms with Crippen LogP contribution in [0, 0.1) is 0 Å². The molecule has 0 saturated heterocycles. The van der Waals surface area contributed by atoms with Crippen molar-refractivity contribution in [3.63, 3.8) is 0 Å². The van der Waals surface area contributed by atoms with E-state index in [4.69, 9.17) is 9.47 Å². The third-order valence-electron chi connectivity index (χ3n) is 2.54. The number of allylic oxidation sites excluding steroid dienone is 2. The molecule has 1 N–H and O–H groups in total. The van der Waals surface area contributed by atoms with Gasteiger partial charge < -0.3 is 14.6 Å². The van der Waals surface area contributed by atoms with Crippen molar-refractivity contribution < 1.29 is 24.2 Å². The van der Waals surface area contributed by atoms with Crippen LogP contribution in [0.15, 0.2) is 24.0 Å². The Balaban J connectivity index is 2.78. The predicted molar refractivity (Wildman–Crippen MR) is 58.9 cm³/mol. The number of carbonyl (C=O) groups excluding carboxylic acids is 2. The summed E-state index contributed by atoms with van der Waals surface area (Å²) in [4.78, 5) is 23.6. The minimum absolute atomic E-state index is 0.0388. The van der Waals surface area contributed by atoms with E-state index in [-0.39, 0.29) is 22.6 Å². The number of aliphatic hydroxyl groups excluding tert-OH is 1. The van der Waals surface area contributed by atoms with Gasteiger partial charge in [-0.3, -0.25) is 9.59 Å². The van der Waals surface area contributed by atoms with Gasteiger partial charge in [-0.05, 0) is 12.1 Å². The van der Waals surface area contributed by atoms with Gasteiger partial charge in [-0.15, -0.1) is 0 Å². The average Bonchev–Trinajstić information content (AvgIpc) is 2.34. The molecule has 1 aliphatic carbocycles. The van der Waals surface area contributed by atoms with E-state index in [1.165, 1.54) is 20.3 Å². The molecule has 1 aromatic carbocycles. The molecule has 2 rings (SSSR count). The maximum absolute atomic E-state index is 11.8. The summed E-state index contributed by atoms with van der Waals surface area (Å²) in [6, 6.07) is 3.06. The van der Waals surface area contributed by atoms with E-state index >= 15 is 0 Å². The van der Waals surface area contributed by atoms with E-state index in [9.17, 15) is 14.7 Å². The first-order valence-corrected chi connectivity index (χ1v) is 4.84. The molecule has 0 atom stereocenters. The molecule has 5 nitrogen and oxygen atoms in total. The Morgan fingerprint density at radius 1 is 1.00 bits per heavy atom. The summed E-state index contributed by atoms with van der Waals surface area (Å²) in [6.45, 7) is 0. The van der Waals surface area contributed by atoms with E-state index in [2.05, 4.69) is 0 Å². The number of hydrogen-bond acceptors (Lipinski definition) is 5. The van der Waals surface area contributed by atoms with Crippen LogP contribution in [-0.4, -0.2) is 30.9 Å². The van der Waals surface area contributed by atoms with Crippen molar-refractivity contribution in [3.05, 3.63) is 35.1 Å². The van der Waals surface area contributed by atoms with Gasteiger partial charge in [-0.25, -0.2) is 0 Å². The lowest BCUT2D eigenvalue weighted by Gasteiger charge is -2.17. The van der Waals surface area contributed by atoms with Crippen LogP contribution in [0.25, 0.3) is 0 Å². The van der Waals surface area contributed by atoms with Gasteiger partial charge in [-0.2, -0.15) is 0 Å². The predicted octanol–water partition coefficient (Wildman–Crippen LogP) is 1.52. The molecule has 88 valence electrons. The Hall–Kier alpha value is -2.30. The standard InChI is InChI=1S/C12H10O5/c1-16-8-3-4-9(17-2)11-10(8)6(13)5-7(14)12(11)15/h3-5,14H,1-2H3. The molecule has 0 unspecified atom stereocenters. The molecule has 0 saturated carbocycles. The summed E-state index contributed by atoms with van der Waals surface area (Å²) in [5.74, 6) is -1.20. The Kier molecular flexibility index (Phi) is 2.59. The first kappa shape index (κ1) is 11.2. The van der Waals surface area contributed by atoms with Crippen LogP contribution < -0.4 is 9.47 Å². The second-order valence-electron chi connectivity index (χ2n) is 3.44. The molecule has 0 aliphatic heterocycles. The molecular weight excluding hydrogens is 224 g/mol. The van der Waals surface area contributed by atoms with Gasteiger partial charge in [-0.1, -0.05) is 0 Å². The second kappa shape index (κ2) is 3.93. The summed E-state index contributed by atoms with van der Waals surface area (Å²) < 4.78 is 10.0. The molecule has 1 aliphatic rings. The number of rotatable bonds is 2. The minimum Gasteiger partial charge on any atom is -0.504 e. The third-order valence-corrected chi connectivity index (χ3v) is 2.54. The van der Waals surface area contributed by atoms with Crippen molar-refractivity contribution in [2.45, 2.75) is 0 Å². The molecule has 0 radical (unpaired) electrons. The molecule has 17 heavy (non-hydrogen) atoms. The zero-order valence-corrected chi connectivity index (χ0v) is 9.31. The average molecular weight is 234 g/mol. The summed E-state index contributed by atoms with van der Waals surface area (Å²) in [5.41, 5.74) is 0.159. The van der Waals surface area contributed by atoms with E-state index < -0.39 is 17.3 Å². The van der Waals surface area contributed by atoms with E-state index in [1.54, 1.807) is 6.07 Å². The van der Waals surface area contributed by atoms with Crippen molar-refractivity contribution in [1.82, 2.24) is 0 Å². The first-order chi connectivity index (χ1) is 8.10. The number of Topliss-reactive ketones (excluding diaryl/α,β-unsaturated/α-hetero) is 1. The Labute approximate surface area is 97.3 Å². The van der Waals surface area contributed by atoms with Crippen molar-refractivity contribution in [1.29, 1.82) is 0 Å². The van der Waals surface area contributed by atoms with Crippen LogP contribution in [0.1, 0.15) is 20.7 Å². The maximum atomic E-state index is 11.8. The number of benzene rings is 1. The Morgan fingerprint density at radius 3 is 2.06 bits per heavy atom. The quantitative estimate of drug-likeness (QED) is 0.839. The summed E-state index contributed by atoms with van der Waals surface area (Å²) in [6.07, 6.45) is 0.882. The molecule has 0 spiro atoms. The fraction of sp³-hybridized carbons (Fsp3) is 0.167. The molecule has 0 amide bonds. The molecule has 0 fully saturated rings. The zero-order chi connectivity index (χ0) is 12.6. The zero-order valence-electron chi connectivity index (χ0n) is 9.31. The number of aliphatic hydroxyl groups is 1. The number of carbonyl (C=O) groups is 2. The highest BCUT2D eigenvalue weighted by Crippen LogP contribution is 2.35. The fourth-order valence-electron chi connectivity index (χ4n) is 1.76. The Morgan fingerprint density at radius 2 is 1.53 bits per heavy atom. The first-order valence-electron chi connectivity index (χ1n) is 4.84. The van der Waals surface area contributed by atoms with Crippen LogP contribution >= 0.6 is 0 Å². The van der Waals surface area contributed by atoms with Crippen molar-refractivity contribution in [2.75, 3.05) is 14.2 Å². The van der Waals surface area contributed by atoms with E-state index in [0.717, 1.165) is 6.08 Å². The van der Waals surface area contributed by atoms with Gasteiger partial charge in [0, 0.05) is 6.08 Å². The molecule has 0 aromatic heterocycles. The van der Waals surface area contributed by atoms with Crippen LogP contribution in [0.4, 0.5) is 0 Å². The van der Waals surface area contributed by atoms with Crippen molar-refractivity contribution >= 4 is 11.6 Å². The fourth-order valence-corrected chi connectivity index (χ4v) is 1.76. The number of fused-ring (bicyclic) bond motifs is 1. The Bertz CT molecular complexity index is 542. The minimum atomic E-state index is -0.643. The maximum Gasteiger partial charge on any atom is 0.232 e. The largest absolute Gasteiger partial charge is 0.504 e. The topological polar surface area (TPSA) is 72.8 Å². The summed E-state index contributed by atoms with van der Waals surface area (Å²) in [7, 11) is 2.78. The van der Waals surface area contributed by atoms with Crippen LogP contribution in [-0.2, 0) is 0 Å². The highest BCUT2D eigenvalue weighted by atomic mass is 16.5. The van der Waals surface area contributed by atoms with E-state index in [0.29, 0.717) is 0 Å². The smallest absolute Gasteiger partial charge is 0.232 e. The molecule has 0 bridgehead atoms. The number of ketones is 2. The summed E-state index contributed by atoms with van der Waals surface area (Å²) >= 11 is 0. The van der Waals surface area contributed by atoms with Gasteiger partial charge in [0.15, 0.2) is 11.5 Å². The number of methoxy groups -OCH3 is 2. The normalized spacial score (nSPS) is 14.1. The highest BCUT2D eigenvalue weighted by Gasteiger charge is 2.31. The number of ether oxygens (including phenoxy) is 2. The van der Waals surface area contributed by atoms with Gasteiger partial charge in [0.05, 0.1) is 25.3 Å². The molecular formula is C12H10O5. The van der Waals surface area contributed by atoms with Crippen molar-refractivity contribution in [2.24, 2.45) is 0 Å². The van der Waals surface area contributed by atoms with Gasteiger partial charge in [0.2, 0.25) is 5.78 Å². The van der Waals surface area contributed by atoms with Crippen LogP contribution in [0.2, 0.25) is 0 Å². The molecule has 0 heterocycles. The lowest BCUT2D eigenvalue weighted by Crippen LogP contribution is -2.18.